The first-order valence-corrected chi connectivity index (χ1v) is 7.03. The molecule has 4 heteroatoms. The van der Waals surface area contributed by atoms with Crippen LogP contribution in [0.15, 0.2) is 15.9 Å². The highest BCUT2D eigenvalue weighted by atomic mass is 79.9. The van der Waals surface area contributed by atoms with E-state index in [1.165, 1.54) is 34.5 Å². The van der Waals surface area contributed by atoms with Crippen LogP contribution in [0.2, 0.25) is 0 Å². The number of likely N-dealkylation sites (N-methyl/N-ethyl adjacent to an activating group) is 1. The molecule has 2 unspecified atom stereocenters. The van der Waals surface area contributed by atoms with Gasteiger partial charge in [0.25, 0.3) is 0 Å². The average Bonchev–Trinajstić information content (AvgIpc) is 2.65. The summed E-state index contributed by atoms with van der Waals surface area (Å²) in [5.41, 5.74) is 6.18. The molecule has 1 aliphatic rings. The van der Waals surface area contributed by atoms with E-state index in [4.69, 9.17) is 5.73 Å². The lowest BCUT2D eigenvalue weighted by molar-refractivity contribution is 0.374. The summed E-state index contributed by atoms with van der Waals surface area (Å²) in [5.74, 6) is 0. The maximum atomic E-state index is 6.18. The van der Waals surface area contributed by atoms with Crippen molar-refractivity contribution in [1.82, 2.24) is 0 Å². The van der Waals surface area contributed by atoms with E-state index in [1.807, 2.05) is 0 Å². The van der Waals surface area contributed by atoms with E-state index in [1.54, 1.807) is 11.3 Å². The smallest absolute Gasteiger partial charge is 0.0920 e. The quantitative estimate of drug-likeness (QED) is 0.905. The Bertz CT molecular complexity index is 326. The van der Waals surface area contributed by atoms with Crippen LogP contribution in [0.25, 0.3) is 0 Å². The van der Waals surface area contributed by atoms with Gasteiger partial charge in [-0.1, -0.05) is 12.8 Å². The van der Waals surface area contributed by atoms with Gasteiger partial charge in [-0.25, -0.2) is 0 Å². The molecule has 1 heterocycles. The highest BCUT2D eigenvalue weighted by Crippen LogP contribution is 2.33. The SMILES string of the molecule is CN(c1ccc(Br)s1)C1CCCCC1N. The fraction of sp³-hybridized carbons (Fsp3) is 0.636. The Kier molecular flexibility index (Phi) is 3.69. The van der Waals surface area contributed by atoms with E-state index in [0.717, 1.165) is 0 Å². The highest BCUT2D eigenvalue weighted by Gasteiger charge is 2.26. The first kappa shape index (κ1) is 11.4. The molecule has 1 aromatic rings. The van der Waals surface area contributed by atoms with Crippen LogP contribution in [-0.2, 0) is 0 Å². The normalized spacial score (nSPS) is 26.6. The van der Waals surface area contributed by atoms with Crippen molar-refractivity contribution in [1.29, 1.82) is 0 Å². The van der Waals surface area contributed by atoms with Gasteiger partial charge in [-0.05, 0) is 40.9 Å². The maximum absolute atomic E-state index is 6.18. The highest BCUT2D eigenvalue weighted by molar-refractivity contribution is 9.11. The second-order valence-corrected chi connectivity index (χ2v) is 6.65. The van der Waals surface area contributed by atoms with Gasteiger partial charge in [-0.2, -0.15) is 0 Å². The molecule has 0 spiro atoms. The number of nitrogens with two attached hydrogens (primary N) is 1. The average molecular weight is 289 g/mol. The van der Waals surface area contributed by atoms with Gasteiger partial charge in [-0.3, -0.25) is 0 Å². The largest absolute Gasteiger partial charge is 0.362 e. The standard InChI is InChI=1S/C11H17BrN2S/c1-14(11-7-6-10(12)15-11)9-5-3-2-4-8(9)13/h6-9H,2-5,13H2,1H3. The summed E-state index contributed by atoms with van der Waals surface area (Å²) in [4.78, 5) is 2.35. The number of hydrogen-bond donors (Lipinski definition) is 1. The van der Waals surface area contributed by atoms with Gasteiger partial charge in [0.1, 0.15) is 0 Å². The second kappa shape index (κ2) is 4.85. The molecule has 84 valence electrons. The minimum Gasteiger partial charge on any atom is -0.362 e. The minimum atomic E-state index is 0.338. The Morgan fingerprint density at radius 2 is 2.13 bits per heavy atom. The molecule has 2 atom stereocenters. The predicted molar refractivity (Wildman–Crippen MR) is 70.7 cm³/mol. The molecule has 0 bridgehead atoms. The van der Waals surface area contributed by atoms with E-state index in [9.17, 15) is 0 Å². The summed E-state index contributed by atoms with van der Waals surface area (Å²) < 4.78 is 1.19. The van der Waals surface area contributed by atoms with Gasteiger partial charge in [-0.15, -0.1) is 11.3 Å². The molecule has 2 rings (SSSR count). The second-order valence-electron chi connectivity index (χ2n) is 4.20. The van der Waals surface area contributed by atoms with Crippen molar-refractivity contribution >= 4 is 32.3 Å². The fourth-order valence-electron chi connectivity index (χ4n) is 2.28. The summed E-state index contributed by atoms with van der Waals surface area (Å²) in [7, 11) is 2.16. The summed E-state index contributed by atoms with van der Waals surface area (Å²) in [6.45, 7) is 0. The molecule has 0 saturated heterocycles. The van der Waals surface area contributed by atoms with Crippen LogP contribution in [-0.4, -0.2) is 19.1 Å². The summed E-state index contributed by atoms with van der Waals surface area (Å²) in [5, 5.41) is 1.31. The first-order valence-electron chi connectivity index (χ1n) is 5.42. The molecule has 1 fully saturated rings. The molecular weight excluding hydrogens is 272 g/mol. The molecule has 0 aromatic carbocycles. The molecule has 1 aromatic heterocycles. The molecule has 0 amide bonds. The predicted octanol–water partition coefficient (Wildman–Crippen LogP) is 3.22. The first-order chi connectivity index (χ1) is 7.18. The van der Waals surface area contributed by atoms with Crippen molar-refractivity contribution < 1.29 is 0 Å². The van der Waals surface area contributed by atoms with E-state index < -0.39 is 0 Å². The zero-order valence-electron chi connectivity index (χ0n) is 8.95. The van der Waals surface area contributed by atoms with Crippen molar-refractivity contribution in [3.8, 4) is 0 Å². The van der Waals surface area contributed by atoms with Crippen molar-refractivity contribution in [2.75, 3.05) is 11.9 Å². The Morgan fingerprint density at radius 3 is 2.73 bits per heavy atom. The van der Waals surface area contributed by atoms with E-state index in [-0.39, 0.29) is 0 Å². The van der Waals surface area contributed by atoms with Crippen LogP contribution in [0.3, 0.4) is 0 Å². The van der Waals surface area contributed by atoms with Crippen LogP contribution in [0.4, 0.5) is 5.00 Å². The monoisotopic (exact) mass is 288 g/mol. The molecule has 1 aliphatic carbocycles. The molecule has 15 heavy (non-hydrogen) atoms. The van der Waals surface area contributed by atoms with Gasteiger partial charge in [0, 0.05) is 19.1 Å². The van der Waals surface area contributed by atoms with E-state index in [2.05, 4.69) is 40.0 Å². The third-order valence-electron chi connectivity index (χ3n) is 3.19. The molecular formula is C11H17BrN2S. The number of hydrogen-bond acceptors (Lipinski definition) is 3. The lowest BCUT2D eigenvalue weighted by Gasteiger charge is -2.36. The lowest BCUT2D eigenvalue weighted by Crippen LogP contribution is -2.47. The Morgan fingerprint density at radius 1 is 1.40 bits per heavy atom. The third kappa shape index (κ3) is 2.55. The van der Waals surface area contributed by atoms with Crippen LogP contribution in [0.1, 0.15) is 25.7 Å². The summed E-state index contributed by atoms with van der Waals surface area (Å²) in [6, 6.07) is 5.12. The molecule has 2 nitrogen and oxygen atoms in total. The van der Waals surface area contributed by atoms with Crippen molar-refractivity contribution in [2.45, 2.75) is 37.8 Å². The van der Waals surface area contributed by atoms with Crippen LogP contribution >= 0.6 is 27.3 Å². The number of halogens is 1. The molecule has 0 radical (unpaired) electrons. The number of rotatable bonds is 2. The molecule has 0 aliphatic heterocycles. The number of nitrogens with zero attached hydrogens (tertiary/aromatic N) is 1. The molecule has 2 N–H and O–H groups in total. The zero-order valence-corrected chi connectivity index (χ0v) is 11.4. The Labute approximate surface area is 104 Å². The van der Waals surface area contributed by atoms with Gasteiger partial charge >= 0.3 is 0 Å². The Hall–Kier alpha value is -0.0600. The van der Waals surface area contributed by atoms with Crippen molar-refractivity contribution in [2.24, 2.45) is 5.73 Å². The minimum absolute atomic E-state index is 0.338. The third-order valence-corrected chi connectivity index (χ3v) is 4.90. The summed E-state index contributed by atoms with van der Waals surface area (Å²) >= 11 is 5.28. The van der Waals surface area contributed by atoms with E-state index >= 15 is 0 Å². The van der Waals surface area contributed by atoms with Crippen molar-refractivity contribution in [3.05, 3.63) is 15.9 Å². The maximum Gasteiger partial charge on any atom is 0.0920 e. The summed E-state index contributed by atoms with van der Waals surface area (Å²) in [6.07, 6.45) is 5.00. The molecule has 1 saturated carbocycles. The topological polar surface area (TPSA) is 29.3 Å². The van der Waals surface area contributed by atoms with Crippen LogP contribution in [0.5, 0.6) is 0 Å². The van der Waals surface area contributed by atoms with Crippen LogP contribution in [0, 0.1) is 0 Å². The fourth-order valence-corrected chi connectivity index (χ4v) is 3.66. The Balaban J connectivity index is 2.09. The number of thiophene rings is 1. The van der Waals surface area contributed by atoms with Crippen molar-refractivity contribution in [3.63, 3.8) is 0 Å². The lowest BCUT2D eigenvalue weighted by atomic mass is 9.90. The number of anilines is 1. The van der Waals surface area contributed by atoms with Gasteiger partial charge in [0.15, 0.2) is 0 Å². The van der Waals surface area contributed by atoms with Gasteiger partial charge in [0.05, 0.1) is 8.79 Å². The van der Waals surface area contributed by atoms with Crippen LogP contribution < -0.4 is 10.6 Å². The van der Waals surface area contributed by atoms with Gasteiger partial charge in [0.2, 0.25) is 0 Å². The van der Waals surface area contributed by atoms with E-state index in [0.29, 0.717) is 12.1 Å². The van der Waals surface area contributed by atoms with Gasteiger partial charge < -0.3 is 10.6 Å². The zero-order chi connectivity index (χ0) is 10.8.